The first-order valence-electron chi connectivity index (χ1n) is 7.03. The van der Waals surface area contributed by atoms with Crippen LogP contribution in [-0.4, -0.2) is 29.3 Å². The number of nitrogens with zero attached hydrogens (tertiary/aromatic N) is 1. The van der Waals surface area contributed by atoms with Crippen LogP contribution in [0.1, 0.15) is 38.3 Å². The molecule has 1 aromatic carbocycles. The highest BCUT2D eigenvalue weighted by Crippen LogP contribution is 2.05. The number of carbonyl (C=O) groups excluding carboxylic acids is 2. The highest BCUT2D eigenvalue weighted by Gasteiger charge is 2.18. The Morgan fingerprint density at radius 1 is 1.25 bits per heavy atom. The fourth-order valence-corrected chi connectivity index (χ4v) is 1.92. The van der Waals surface area contributed by atoms with Crippen molar-refractivity contribution in [2.75, 3.05) is 6.54 Å². The molecule has 20 heavy (non-hydrogen) atoms. The Kier molecular flexibility index (Phi) is 6.22. The summed E-state index contributed by atoms with van der Waals surface area (Å²) in [6.07, 6.45) is 0.838. The molecule has 0 saturated carbocycles. The van der Waals surface area contributed by atoms with Gasteiger partial charge in [0.15, 0.2) is 0 Å². The minimum atomic E-state index is -0.124. The molecule has 0 bridgehead atoms. The molecule has 0 aromatic heterocycles. The van der Waals surface area contributed by atoms with E-state index >= 15 is 0 Å². The maximum atomic E-state index is 11.9. The van der Waals surface area contributed by atoms with Crippen LogP contribution >= 0.6 is 0 Å². The molecule has 0 aliphatic carbocycles. The molecule has 4 heteroatoms. The van der Waals surface area contributed by atoms with Crippen LogP contribution in [0.25, 0.3) is 0 Å². The highest BCUT2D eigenvalue weighted by molar-refractivity contribution is 5.83. The summed E-state index contributed by atoms with van der Waals surface area (Å²) in [4.78, 5) is 25.1. The van der Waals surface area contributed by atoms with Crippen molar-refractivity contribution >= 4 is 11.8 Å². The van der Waals surface area contributed by atoms with E-state index in [0.717, 1.165) is 12.0 Å². The Morgan fingerprint density at radius 2 is 1.85 bits per heavy atom. The van der Waals surface area contributed by atoms with E-state index in [1.807, 2.05) is 45.0 Å². The quantitative estimate of drug-likeness (QED) is 0.866. The van der Waals surface area contributed by atoms with Gasteiger partial charge < -0.3 is 10.2 Å². The molecular formula is C16H24N2O2. The van der Waals surface area contributed by atoms with Crippen LogP contribution in [-0.2, 0) is 16.1 Å². The third-order valence-electron chi connectivity index (χ3n) is 3.45. The van der Waals surface area contributed by atoms with Gasteiger partial charge in [-0.15, -0.1) is 0 Å². The lowest BCUT2D eigenvalue weighted by Gasteiger charge is -2.26. The number of carbonyl (C=O) groups is 2. The predicted octanol–water partition coefficient (Wildman–Crippen LogP) is 2.26. The van der Waals surface area contributed by atoms with E-state index in [-0.39, 0.29) is 24.4 Å². The normalized spacial score (nSPS) is 11.8. The molecule has 0 fully saturated rings. The summed E-state index contributed by atoms with van der Waals surface area (Å²) in [5.74, 6) is -0.189. The number of benzene rings is 1. The molecule has 0 radical (unpaired) electrons. The van der Waals surface area contributed by atoms with Crippen LogP contribution in [0.5, 0.6) is 0 Å². The molecule has 1 rings (SSSR count). The van der Waals surface area contributed by atoms with Crippen molar-refractivity contribution in [1.82, 2.24) is 10.2 Å². The van der Waals surface area contributed by atoms with Crippen molar-refractivity contribution in [2.24, 2.45) is 0 Å². The van der Waals surface area contributed by atoms with Gasteiger partial charge in [-0.2, -0.15) is 0 Å². The number of aryl methyl sites for hydroxylation is 1. The maximum absolute atomic E-state index is 11.9. The Hall–Kier alpha value is -1.84. The van der Waals surface area contributed by atoms with Gasteiger partial charge in [0.1, 0.15) is 0 Å². The van der Waals surface area contributed by atoms with Crippen molar-refractivity contribution in [1.29, 1.82) is 0 Å². The molecule has 4 nitrogen and oxygen atoms in total. The van der Waals surface area contributed by atoms with E-state index in [0.29, 0.717) is 6.54 Å². The topological polar surface area (TPSA) is 49.4 Å². The molecule has 0 aliphatic heterocycles. The minimum Gasteiger partial charge on any atom is -0.350 e. The lowest BCUT2D eigenvalue weighted by atomic mass is 10.1. The van der Waals surface area contributed by atoms with Crippen LogP contribution in [0.15, 0.2) is 24.3 Å². The lowest BCUT2D eigenvalue weighted by Crippen LogP contribution is -2.44. The number of rotatable bonds is 6. The summed E-state index contributed by atoms with van der Waals surface area (Å²) >= 11 is 0. The lowest BCUT2D eigenvalue weighted by molar-refractivity contribution is -0.136. The monoisotopic (exact) mass is 276 g/mol. The first-order chi connectivity index (χ1) is 9.43. The number of hydrogen-bond acceptors (Lipinski definition) is 2. The summed E-state index contributed by atoms with van der Waals surface area (Å²) in [6, 6.07) is 8.10. The summed E-state index contributed by atoms with van der Waals surface area (Å²) in [5.41, 5.74) is 2.25. The molecule has 0 spiro atoms. The first-order valence-corrected chi connectivity index (χ1v) is 7.03. The number of hydrogen-bond donors (Lipinski definition) is 1. The molecule has 1 unspecified atom stereocenters. The molecule has 0 saturated heterocycles. The van der Waals surface area contributed by atoms with E-state index in [9.17, 15) is 9.59 Å². The van der Waals surface area contributed by atoms with Crippen molar-refractivity contribution in [3.63, 3.8) is 0 Å². The average Bonchev–Trinajstić information content (AvgIpc) is 2.43. The van der Waals surface area contributed by atoms with E-state index in [1.54, 1.807) is 4.90 Å². The van der Waals surface area contributed by atoms with Crippen LogP contribution in [0.3, 0.4) is 0 Å². The van der Waals surface area contributed by atoms with Gasteiger partial charge in [0, 0.05) is 19.5 Å². The van der Waals surface area contributed by atoms with Crippen molar-refractivity contribution in [3.8, 4) is 0 Å². The smallest absolute Gasteiger partial charge is 0.239 e. The highest BCUT2D eigenvalue weighted by atomic mass is 16.2. The zero-order valence-electron chi connectivity index (χ0n) is 12.8. The largest absolute Gasteiger partial charge is 0.350 e. The second-order valence-electron chi connectivity index (χ2n) is 5.17. The van der Waals surface area contributed by atoms with Crippen molar-refractivity contribution < 1.29 is 9.59 Å². The average molecular weight is 276 g/mol. The third-order valence-corrected chi connectivity index (χ3v) is 3.45. The van der Waals surface area contributed by atoms with E-state index in [4.69, 9.17) is 0 Å². The van der Waals surface area contributed by atoms with Gasteiger partial charge in [-0.25, -0.2) is 0 Å². The van der Waals surface area contributed by atoms with Gasteiger partial charge in [-0.05, 0) is 25.8 Å². The molecular weight excluding hydrogens is 252 g/mol. The van der Waals surface area contributed by atoms with Crippen LogP contribution in [0.4, 0.5) is 0 Å². The van der Waals surface area contributed by atoms with E-state index in [1.165, 1.54) is 12.5 Å². The van der Waals surface area contributed by atoms with Crippen molar-refractivity contribution in [2.45, 2.75) is 46.7 Å². The summed E-state index contributed by atoms with van der Waals surface area (Å²) in [5, 5.41) is 2.85. The van der Waals surface area contributed by atoms with Gasteiger partial charge in [0.25, 0.3) is 0 Å². The van der Waals surface area contributed by atoms with Crippen molar-refractivity contribution in [3.05, 3.63) is 35.4 Å². The second-order valence-corrected chi connectivity index (χ2v) is 5.17. The van der Waals surface area contributed by atoms with Crippen LogP contribution in [0.2, 0.25) is 0 Å². The van der Waals surface area contributed by atoms with Crippen LogP contribution < -0.4 is 5.32 Å². The first kappa shape index (κ1) is 16.2. The Bertz CT molecular complexity index is 454. The van der Waals surface area contributed by atoms with Gasteiger partial charge in [-0.1, -0.05) is 36.8 Å². The molecule has 110 valence electrons. The Labute approximate surface area is 121 Å². The molecule has 0 aliphatic rings. The number of amides is 2. The standard InChI is InChI=1S/C16H24N2O2/c1-5-13(3)18(14(4)19)11-16(20)17-10-15-8-6-12(2)7-9-15/h6-9,13H,5,10-11H2,1-4H3,(H,17,20). The molecule has 1 aromatic rings. The fourth-order valence-electron chi connectivity index (χ4n) is 1.92. The molecule has 1 atom stereocenters. The van der Waals surface area contributed by atoms with Gasteiger partial charge in [0.05, 0.1) is 6.54 Å². The third kappa shape index (κ3) is 5.03. The minimum absolute atomic E-state index is 0.0650. The fraction of sp³-hybridized carbons (Fsp3) is 0.500. The Morgan fingerprint density at radius 3 is 2.35 bits per heavy atom. The zero-order valence-corrected chi connectivity index (χ0v) is 12.8. The van der Waals surface area contributed by atoms with Crippen LogP contribution in [0, 0.1) is 6.92 Å². The molecule has 2 amide bonds. The zero-order chi connectivity index (χ0) is 15.1. The molecule has 1 N–H and O–H groups in total. The van der Waals surface area contributed by atoms with E-state index in [2.05, 4.69) is 5.32 Å². The number of nitrogens with one attached hydrogen (secondary N) is 1. The summed E-state index contributed by atoms with van der Waals surface area (Å²) in [6.45, 7) is 8.10. The second kappa shape index (κ2) is 7.68. The van der Waals surface area contributed by atoms with Gasteiger partial charge in [-0.3, -0.25) is 9.59 Å². The van der Waals surface area contributed by atoms with Gasteiger partial charge >= 0.3 is 0 Å². The predicted molar refractivity (Wildman–Crippen MR) is 80.2 cm³/mol. The molecule has 0 heterocycles. The summed E-state index contributed by atoms with van der Waals surface area (Å²) in [7, 11) is 0. The Balaban J connectivity index is 2.49. The summed E-state index contributed by atoms with van der Waals surface area (Å²) < 4.78 is 0. The maximum Gasteiger partial charge on any atom is 0.239 e. The van der Waals surface area contributed by atoms with Gasteiger partial charge in [0.2, 0.25) is 11.8 Å². The van der Waals surface area contributed by atoms with E-state index < -0.39 is 0 Å². The SMILES string of the molecule is CCC(C)N(CC(=O)NCc1ccc(C)cc1)C(C)=O.